The summed E-state index contributed by atoms with van der Waals surface area (Å²) in [5, 5.41) is 23.8. The van der Waals surface area contributed by atoms with Gasteiger partial charge < -0.3 is 15.7 Å². The molecule has 1 aliphatic carbocycles. The third kappa shape index (κ3) is 4.32. The van der Waals surface area contributed by atoms with E-state index in [-0.39, 0.29) is 17.2 Å². The van der Waals surface area contributed by atoms with Gasteiger partial charge in [0.05, 0.1) is 0 Å². The second-order valence-electron chi connectivity index (χ2n) is 4.78. The average molecular weight is 271 g/mol. The third-order valence-electron chi connectivity index (χ3n) is 3.04. The van der Waals surface area contributed by atoms with Gasteiger partial charge in [0, 0.05) is 18.8 Å². The number of phenols is 1. The first-order chi connectivity index (χ1) is 9.69. The van der Waals surface area contributed by atoms with Crippen LogP contribution >= 0.6 is 0 Å². The molecule has 1 saturated carbocycles. The van der Waals surface area contributed by atoms with E-state index in [9.17, 15) is 4.79 Å². The van der Waals surface area contributed by atoms with Crippen LogP contribution in [-0.2, 0) is 11.2 Å². The summed E-state index contributed by atoms with van der Waals surface area (Å²) < 4.78 is 0. The molecule has 5 nitrogen and oxygen atoms in total. The summed E-state index contributed by atoms with van der Waals surface area (Å²) in [6, 6.07) is 9.14. The number of nitrogens with one attached hydrogen (secondary N) is 2. The average Bonchev–Trinajstić information content (AvgIpc) is 3.26. The van der Waals surface area contributed by atoms with E-state index in [1.165, 1.54) is 6.20 Å². The number of benzene rings is 1. The Morgan fingerprint density at radius 1 is 1.40 bits per heavy atom. The van der Waals surface area contributed by atoms with Crippen molar-refractivity contribution < 1.29 is 9.90 Å². The van der Waals surface area contributed by atoms with Gasteiger partial charge in [0.1, 0.15) is 17.4 Å². The Labute approximate surface area is 117 Å². The number of carbonyl (C=O) groups excluding carboxylic acids is 1. The molecule has 0 heterocycles. The van der Waals surface area contributed by atoms with Crippen molar-refractivity contribution in [3.05, 3.63) is 41.6 Å². The SMILES string of the molecule is N#C/C(=C/NC1CC1)C(=O)NCCc1ccc(O)cc1. The fourth-order valence-corrected chi connectivity index (χ4v) is 1.68. The molecule has 1 aromatic carbocycles. The first-order valence-corrected chi connectivity index (χ1v) is 6.61. The zero-order valence-corrected chi connectivity index (χ0v) is 11.1. The Morgan fingerprint density at radius 2 is 2.10 bits per heavy atom. The molecule has 20 heavy (non-hydrogen) atoms. The predicted molar refractivity (Wildman–Crippen MR) is 74.7 cm³/mol. The third-order valence-corrected chi connectivity index (χ3v) is 3.04. The molecule has 1 fully saturated rings. The minimum absolute atomic E-state index is 0.0996. The number of nitriles is 1. The van der Waals surface area contributed by atoms with Gasteiger partial charge in [-0.2, -0.15) is 5.26 Å². The quantitative estimate of drug-likeness (QED) is 0.536. The van der Waals surface area contributed by atoms with Crippen molar-refractivity contribution in [2.45, 2.75) is 25.3 Å². The van der Waals surface area contributed by atoms with E-state index in [4.69, 9.17) is 10.4 Å². The molecule has 0 saturated heterocycles. The van der Waals surface area contributed by atoms with Crippen LogP contribution in [0.25, 0.3) is 0 Å². The van der Waals surface area contributed by atoms with Crippen LogP contribution in [0.15, 0.2) is 36.0 Å². The van der Waals surface area contributed by atoms with Crippen LogP contribution in [-0.4, -0.2) is 23.6 Å². The molecule has 0 aromatic heterocycles. The summed E-state index contributed by atoms with van der Waals surface area (Å²) in [6.07, 6.45) is 4.34. The van der Waals surface area contributed by atoms with Gasteiger partial charge in [-0.1, -0.05) is 12.1 Å². The van der Waals surface area contributed by atoms with Gasteiger partial charge in [0.2, 0.25) is 0 Å². The van der Waals surface area contributed by atoms with Gasteiger partial charge in [-0.25, -0.2) is 0 Å². The number of hydrogen-bond acceptors (Lipinski definition) is 4. The summed E-state index contributed by atoms with van der Waals surface area (Å²) in [5.41, 5.74) is 1.12. The summed E-state index contributed by atoms with van der Waals surface area (Å²) in [4.78, 5) is 11.8. The van der Waals surface area contributed by atoms with E-state index in [1.54, 1.807) is 24.3 Å². The number of nitrogens with zero attached hydrogens (tertiary/aromatic N) is 1. The molecule has 0 spiro atoms. The molecule has 0 atom stereocenters. The van der Waals surface area contributed by atoms with Crippen molar-refractivity contribution in [3.63, 3.8) is 0 Å². The highest BCUT2D eigenvalue weighted by Crippen LogP contribution is 2.18. The molecule has 1 aromatic rings. The highest BCUT2D eigenvalue weighted by Gasteiger charge is 2.20. The number of aromatic hydroxyl groups is 1. The lowest BCUT2D eigenvalue weighted by atomic mass is 10.1. The van der Waals surface area contributed by atoms with Gasteiger partial charge in [-0.3, -0.25) is 4.79 Å². The van der Waals surface area contributed by atoms with Crippen molar-refractivity contribution in [3.8, 4) is 11.8 Å². The molecule has 2 rings (SSSR count). The van der Waals surface area contributed by atoms with Gasteiger partial charge >= 0.3 is 0 Å². The fraction of sp³-hybridized carbons (Fsp3) is 0.333. The van der Waals surface area contributed by atoms with Crippen LogP contribution in [0.5, 0.6) is 5.75 Å². The van der Waals surface area contributed by atoms with Crippen LogP contribution in [0.4, 0.5) is 0 Å². The summed E-state index contributed by atoms with van der Waals surface area (Å²) in [5.74, 6) is -0.141. The number of amides is 1. The second kappa shape index (κ2) is 6.62. The minimum atomic E-state index is -0.362. The summed E-state index contributed by atoms with van der Waals surface area (Å²) in [7, 11) is 0. The smallest absolute Gasteiger partial charge is 0.263 e. The van der Waals surface area contributed by atoms with Crippen molar-refractivity contribution in [1.82, 2.24) is 10.6 Å². The maximum absolute atomic E-state index is 11.8. The molecule has 0 unspecified atom stereocenters. The molecule has 0 aliphatic heterocycles. The monoisotopic (exact) mass is 271 g/mol. The molecule has 1 amide bonds. The molecular formula is C15H17N3O2. The van der Waals surface area contributed by atoms with Crippen molar-refractivity contribution in [2.24, 2.45) is 0 Å². The van der Waals surface area contributed by atoms with Crippen LogP contribution in [0.2, 0.25) is 0 Å². The Morgan fingerprint density at radius 3 is 2.70 bits per heavy atom. The number of carbonyl (C=O) groups is 1. The molecule has 0 bridgehead atoms. The van der Waals surface area contributed by atoms with E-state index in [0.717, 1.165) is 18.4 Å². The first-order valence-electron chi connectivity index (χ1n) is 6.61. The predicted octanol–water partition coefficient (Wildman–Crippen LogP) is 1.21. The highest BCUT2D eigenvalue weighted by atomic mass is 16.3. The van der Waals surface area contributed by atoms with Gasteiger partial charge in [0.25, 0.3) is 5.91 Å². The van der Waals surface area contributed by atoms with E-state index in [0.29, 0.717) is 19.0 Å². The lowest BCUT2D eigenvalue weighted by Gasteiger charge is -2.05. The Kier molecular flexibility index (Phi) is 4.61. The lowest BCUT2D eigenvalue weighted by molar-refractivity contribution is -0.117. The second-order valence-corrected chi connectivity index (χ2v) is 4.78. The number of hydrogen-bond donors (Lipinski definition) is 3. The maximum Gasteiger partial charge on any atom is 0.263 e. The normalized spacial score (nSPS) is 14.4. The minimum Gasteiger partial charge on any atom is -0.508 e. The maximum atomic E-state index is 11.8. The number of phenolic OH excluding ortho intramolecular Hbond substituents is 1. The van der Waals surface area contributed by atoms with Gasteiger partial charge in [-0.05, 0) is 37.0 Å². The Hall–Kier alpha value is -2.48. The van der Waals surface area contributed by atoms with E-state index >= 15 is 0 Å². The first kappa shape index (κ1) is 13.9. The standard InChI is InChI=1S/C15H17N3O2/c16-9-12(10-18-13-3-4-13)15(20)17-8-7-11-1-5-14(19)6-2-11/h1-2,5-6,10,13,18-19H,3-4,7-8H2,(H,17,20)/b12-10-. The van der Waals surface area contributed by atoms with E-state index in [2.05, 4.69) is 10.6 Å². The van der Waals surface area contributed by atoms with Crippen LogP contribution in [0, 0.1) is 11.3 Å². The fourth-order valence-electron chi connectivity index (χ4n) is 1.68. The lowest BCUT2D eigenvalue weighted by Crippen LogP contribution is -2.27. The van der Waals surface area contributed by atoms with Gasteiger partial charge in [0.15, 0.2) is 0 Å². The van der Waals surface area contributed by atoms with Crippen LogP contribution < -0.4 is 10.6 Å². The number of rotatable bonds is 6. The van der Waals surface area contributed by atoms with Crippen molar-refractivity contribution in [1.29, 1.82) is 5.26 Å². The Balaban J connectivity index is 1.77. The summed E-state index contributed by atoms with van der Waals surface area (Å²) in [6.45, 7) is 0.450. The van der Waals surface area contributed by atoms with Crippen molar-refractivity contribution in [2.75, 3.05) is 6.54 Å². The largest absolute Gasteiger partial charge is 0.508 e. The van der Waals surface area contributed by atoms with Crippen LogP contribution in [0.1, 0.15) is 18.4 Å². The van der Waals surface area contributed by atoms with E-state index < -0.39 is 0 Å². The molecule has 1 aliphatic rings. The molecule has 3 N–H and O–H groups in total. The highest BCUT2D eigenvalue weighted by molar-refractivity contribution is 5.97. The van der Waals surface area contributed by atoms with Crippen LogP contribution in [0.3, 0.4) is 0 Å². The molecule has 0 radical (unpaired) electrons. The zero-order chi connectivity index (χ0) is 14.4. The molecular weight excluding hydrogens is 254 g/mol. The molecule has 104 valence electrons. The Bertz CT molecular complexity index is 539. The van der Waals surface area contributed by atoms with Crippen molar-refractivity contribution >= 4 is 5.91 Å². The topological polar surface area (TPSA) is 85.2 Å². The van der Waals surface area contributed by atoms with E-state index in [1.807, 2.05) is 6.07 Å². The molecule has 5 heteroatoms. The zero-order valence-electron chi connectivity index (χ0n) is 11.1. The summed E-state index contributed by atoms with van der Waals surface area (Å²) >= 11 is 0. The van der Waals surface area contributed by atoms with Gasteiger partial charge in [-0.15, -0.1) is 0 Å².